The Balaban J connectivity index is 1.77. The molecule has 0 fully saturated rings. The number of rotatable bonds is 6. The number of benzene rings is 2. The van der Waals surface area contributed by atoms with E-state index in [1.165, 1.54) is 4.90 Å². The molecule has 0 saturated carbocycles. The average molecular weight is 509 g/mol. The first kappa shape index (κ1) is 27.7. The fourth-order valence-electron chi connectivity index (χ4n) is 4.07. The number of carbonyl (C=O) groups is 4. The number of ether oxygens (including phenoxy) is 1. The highest BCUT2D eigenvalue weighted by Gasteiger charge is 2.31. The molecule has 0 saturated heterocycles. The van der Waals surface area contributed by atoms with Crippen LogP contribution in [0.15, 0.2) is 54.6 Å². The Hall–Kier alpha value is -3.88. The van der Waals surface area contributed by atoms with Crippen LogP contribution in [-0.2, 0) is 20.8 Å². The van der Waals surface area contributed by atoms with Crippen molar-refractivity contribution in [3.8, 4) is 5.75 Å². The lowest BCUT2D eigenvalue weighted by atomic mass is 10.0. The molecule has 1 aliphatic heterocycles. The first-order valence-corrected chi connectivity index (χ1v) is 12.6. The number of hydrogen-bond acceptors (Lipinski definition) is 5. The van der Waals surface area contributed by atoms with E-state index in [0.29, 0.717) is 18.7 Å². The number of aryl methyl sites for hydroxylation is 1. The first-order valence-electron chi connectivity index (χ1n) is 12.6. The lowest BCUT2D eigenvalue weighted by Gasteiger charge is -2.28. The Morgan fingerprint density at radius 1 is 1.05 bits per heavy atom. The number of nitrogens with one attached hydrogen (secondary N) is 3. The van der Waals surface area contributed by atoms with E-state index in [9.17, 15) is 19.2 Å². The summed E-state index contributed by atoms with van der Waals surface area (Å²) in [4.78, 5) is 53.7. The number of amides is 4. The Morgan fingerprint density at radius 2 is 1.76 bits per heavy atom. The molecular weight excluding hydrogens is 472 g/mol. The topological polar surface area (TPSA) is 117 Å². The van der Waals surface area contributed by atoms with Gasteiger partial charge in [0.05, 0.1) is 18.5 Å². The number of carbonyl (C=O) groups excluding carboxylic acids is 4. The Bertz CT molecular complexity index is 1090. The molecule has 0 radical (unpaired) electrons. The minimum atomic E-state index is -1.12. The summed E-state index contributed by atoms with van der Waals surface area (Å²) in [5.74, 6) is -1.56. The molecule has 1 heterocycles. The van der Waals surface area contributed by atoms with Crippen molar-refractivity contribution in [3.05, 3.63) is 65.7 Å². The van der Waals surface area contributed by atoms with E-state index >= 15 is 0 Å². The molecule has 1 aliphatic rings. The quantitative estimate of drug-likeness (QED) is 0.516. The molecule has 9 heteroatoms. The molecule has 0 aromatic heterocycles. The molecule has 0 bridgehead atoms. The van der Waals surface area contributed by atoms with Gasteiger partial charge in [-0.3, -0.25) is 19.2 Å². The first-order chi connectivity index (χ1) is 17.8. The van der Waals surface area contributed by atoms with Crippen molar-refractivity contribution >= 4 is 23.6 Å². The molecule has 9 nitrogen and oxygen atoms in total. The molecule has 4 amide bonds. The molecule has 3 N–H and O–H groups in total. The van der Waals surface area contributed by atoms with E-state index in [-0.39, 0.29) is 37.0 Å². The van der Waals surface area contributed by atoms with Crippen LogP contribution in [0.25, 0.3) is 0 Å². The van der Waals surface area contributed by atoms with Crippen molar-refractivity contribution in [3.63, 3.8) is 0 Å². The highest BCUT2D eigenvalue weighted by Crippen LogP contribution is 2.19. The van der Waals surface area contributed by atoms with Crippen molar-refractivity contribution in [2.45, 2.75) is 45.2 Å². The second-order valence-electron chi connectivity index (χ2n) is 9.50. The molecule has 37 heavy (non-hydrogen) atoms. The van der Waals surface area contributed by atoms with Gasteiger partial charge in [0.2, 0.25) is 17.7 Å². The molecule has 0 aliphatic carbocycles. The van der Waals surface area contributed by atoms with Gasteiger partial charge in [-0.05, 0) is 36.5 Å². The Labute approximate surface area is 217 Å². The largest absolute Gasteiger partial charge is 0.491 e. The number of likely N-dealkylation sites (N-methyl/N-ethyl adjacent to an activating group) is 1. The van der Waals surface area contributed by atoms with Crippen LogP contribution >= 0.6 is 0 Å². The van der Waals surface area contributed by atoms with Crippen molar-refractivity contribution in [1.82, 2.24) is 20.9 Å². The number of nitrogens with zero attached hydrogens (tertiary/aromatic N) is 1. The van der Waals surface area contributed by atoms with Gasteiger partial charge < -0.3 is 25.6 Å². The number of hydrogen-bond donors (Lipinski definition) is 3. The second-order valence-corrected chi connectivity index (χ2v) is 9.50. The summed E-state index contributed by atoms with van der Waals surface area (Å²) in [5.41, 5.74) is 1.41. The van der Waals surface area contributed by atoms with Crippen LogP contribution in [-0.4, -0.2) is 67.4 Å². The summed E-state index contributed by atoms with van der Waals surface area (Å²) in [7, 11) is 1.64. The maximum absolute atomic E-state index is 13.1. The summed E-state index contributed by atoms with van der Waals surface area (Å²) in [6.45, 7) is 4.51. The number of fused-ring (bicyclic) bond motifs is 1. The summed E-state index contributed by atoms with van der Waals surface area (Å²) < 4.78 is 5.81. The van der Waals surface area contributed by atoms with Crippen molar-refractivity contribution < 1.29 is 23.9 Å². The van der Waals surface area contributed by atoms with Gasteiger partial charge in [-0.1, -0.05) is 56.3 Å². The second kappa shape index (κ2) is 13.4. The van der Waals surface area contributed by atoms with Crippen LogP contribution in [0.1, 0.15) is 42.6 Å². The van der Waals surface area contributed by atoms with Crippen molar-refractivity contribution in [2.75, 3.05) is 26.7 Å². The zero-order valence-electron chi connectivity index (χ0n) is 21.7. The van der Waals surface area contributed by atoms with Crippen molar-refractivity contribution in [2.24, 2.45) is 5.92 Å². The summed E-state index contributed by atoms with van der Waals surface area (Å²) >= 11 is 0. The molecule has 3 rings (SSSR count). The fraction of sp³-hybridized carbons (Fsp3) is 0.429. The SMILES string of the molecule is CC(C)[C@H]1NC(=O)C[C@@H](C(=O)NCCCc2ccccc2)NC(=O)c2ccccc2OCCN(C)C1=O. The van der Waals surface area contributed by atoms with E-state index in [0.717, 1.165) is 12.0 Å². The minimum Gasteiger partial charge on any atom is -0.491 e. The van der Waals surface area contributed by atoms with Crippen LogP contribution in [0.3, 0.4) is 0 Å². The van der Waals surface area contributed by atoms with Crippen LogP contribution in [0.2, 0.25) is 0 Å². The van der Waals surface area contributed by atoms with Gasteiger partial charge in [-0.15, -0.1) is 0 Å². The molecule has 0 spiro atoms. The summed E-state index contributed by atoms with van der Waals surface area (Å²) in [6, 6.07) is 14.7. The summed E-state index contributed by atoms with van der Waals surface area (Å²) in [5, 5.41) is 8.28. The lowest BCUT2D eigenvalue weighted by molar-refractivity contribution is -0.137. The monoisotopic (exact) mass is 508 g/mol. The van der Waals surface area contributed by atoms with Gasteiger partial charge in [-0.2, -0.15) is 0 Å². The molecule has 2 atom stereocenters. The fourth-order valence-corrected chi connectivity index (χ4v) is 4.07. The standard InChI is InChI=1S/C28H36N4O5/c1-19(2)25-28(36)32(3)16-17-37-23-14-8-7-13-21(23)26(34)30-22(18-24(33)31-25)27(35)29-15-9-12-20-10-5-4-6-11-20/h4-8,10-11,13-14,19,22,25H,9,12,15-18H2,1-3H3,(H,29,35)(H,30,34)(H,31,33)/t22-,25+/m0/s1. The predicted octanol–water partition coefficient (Wildman–Crippen LogP) is 1.92. The molecule has 2 aromatic carbocycles. The average Bonchev–Trinajstić information content (AvgIpc) is 2.89. The van der Waals surface area contributed by atoms with Crippen LogP contribution in [0, 0.1) is 5.92 Å². The third-order valence-corrected chi connectivity index (χ3v) is 6.24. The zero-order valence-corrected chi connectivity index (χ0v) is 21.7. The zero-order chi connectivity index (χ0) is 26.8. The van der Waals surface area contributed by atoms with Gasteiger partial charge in [0, 0.05) is 13.6 Å². The van der Waals surface area contributed by atoms with Gasteiger partial charge in [0.25, 0.3) is 5.91 Å². The third-order valence-electron chi connectivity index (χ3n) is 6.24. The van der Waals surface area contributed by atoms with E-state index < -0.39 is 29.8 Å². The molecule has 0 unspecified atom stereocenters. The van der Waals surface area contributed by atoms with Crippen LogP contribution < -0.4 is 20.7 Å². The lowest BCUT2D eigenvalue weighted by Crippen LogP contribution is -2.54. The predicted molar refractivity (Wildman–Crippen MR) is 140 cm³/mol. The van der Waals surface area contributed by atoms with E-state index in [1.807, 2.05) is 44.2 Å². The van der Waals surface area contributed by atoms with Crippen LogP contribution in [0.4, 0.5) is 0 Å². The third kappa shape index (κ3) is 8.06. The minimum absolute atomic E-state index is 0.163. The van der Waals surface area contributed by atoms with Crippen LogP contribution in [0.5, 0.6) is 5.75 Å². The highest BCUT2D eigenvalue weighted by molar-refractivity contribution is 6.01. The molecular formula is C28H36N4O5. The molecule has 198 valence electrons. The van der Waals surface area contributed by atoms with Gasteiger partial charge >= 0.3 is 0 Å². The highest BCUT2D eigenvalue weighted by atomic mass is 16.5. The van der Waals surface area contributed by atoms with Gasteiger partial charge in [-0.25, -0.2) is 0 Å². The maximum Gasteiger partial charge on any atom is 0.255 e. The van der Waals surface area contributed by atoms with E-state index in [4.69, 9.17) is 4.74 Å². The van der Waals surface area contributed by atoms with Gasteiger partial charge in [0.1, 0.15) is 24.4 Å². The Kier molecular flexibility index (Phi) is 10.1. The maximum atomic E-state index is 13.1. The smallest absolute Gasteiger partial charge is 0.255 e. The van der Waals surface area contributed by atoms with E-state index in [2.05, 4.69) is 16.0 Å². The Morgan fingerprint density at radius 3 is 2.49 bits per heavy atom. The number of para-hydroxylation sites is 1. The normalized spacial score (nSPS) is 19.2. The summed E-state index contributed by atoms with van der Waals surface area (Å²) in [6.07, 6.45) is 1.18. The van der Waals surface area contributed by atoms with Crippen molar-refractivity contribution in [1.29, 1.82) is 0 Å². The van der Waals surface area contributed by atoms with Gasteiger partial charge in [0.15, 0.2) is 0 Å². The van der Waals surface area contributed by atoms with E-state index in [1.54, 1.807) is 31.3 Å². The molecule has 2 aromatic rings.